The summed E-state index contributed by atoms with van der Waals surface area (Å²) in [5.41, 5.74) is 0. The molecule has 0 aliphatic carbocycles. The van der Waals surface area contributed by atoms with E-state index in [1.165, 1.54) is 6.26 Å². The van der Waals surface area contributed by atoms with Crippen LogP contribution >= 0.6 is 0 Å². The van der Waals surface area contributed by atoms with Crippen molar-refractivity contribution in [2.75, 3.05) is 25.9 Å². The summed E-state index contributed by atoms with van der Waals surface area (Å²) < 4.78 is 22.5. The third-order valence-corrected chi connectivity index (χ3v) is 4.36. The molecule has 1 aliphatic heterocycles. The Morgan fingerprint density at radius 3 is 2.00 bits per heavy atom. The van der Waals surface area contributed by atoms with E-state index >= 15 is 0 Å². The molecule has 1 heterocycles. The van der Waals surface area contributed by atoms with Crippen LogP contribution in [0.25, 0.3) is 0 Å². The van der Waals surface area contributed by atoms with Gasteiger partial charge in [-0.15, -0.1) is 0 Å². The number of piperidine rings is 1. The smallest absolute Gasteiger partial charge is 0.150 e. The van der Waals surface area contributed by atoms with Gasteiger partial charge in [-0.3, -0.25) is 0 Å². The van der Waals surface area contributed by atoms with Crippen LogP contribution in [0.2, 0.25) is 0 Å². The molecule has 1 saturated heterocycles. The number of nitrogens with zero attached hydrogens (tertiary/aromatic N) is 1. The summed E-state index contributed by atoms with van der Waals surface area (Å²) in [6, 6.07) is 0. The molecular weight excluding hydrogens is 210 g/mol. The highest BCUT2D eigenvalue weighted by molar-refractivity contribution is 7.91. The lowest BCUT2D eigenvalue weighted by molar-refractivity contribution is 0.230. The third-order valence-electron chi connectivity index (χ3n) is 2.68. The topological polar surface area (TPSA) is 37.4 Å². The minimum atomic E-state index is -2.79. The summed E-state index contributed by atoms with van der Waals surface area (Å²) in [7, 11) is -2.79. The number of hydrogen-bond acceptors (Lipinski definition) is 3. The average molecular weight is 235 g/mol. The maximum atomic E-state index is 11.2. The molecule has 0 aromatic rings. The van der Waals surface area contributed by atoms with Crippen molar-refractivity contribution in [3.05, 3.63) is 0 Å². The molecule has 3 nitrogen and oxygen atoms in total. The molecule has 0 atom stereocenters. The van der Waals surface area contributed by atoms with Gasteiger partial charge in [0.2, 0.25) is 0 Å². The Bertz CT molecular complexity index is 241. The first kappa shape index (κ1) is 14.9. The minimum Gasteiger partial charge on any atom is -0.303 e. The highest BCUT2D eigenvalue weighted by Gasteiger charge is 2.25. The lowest BCUT2D eigenvalue weighted by atomic mass is 10.1. The standard InChI is InChI=1S/C9H19NO2S.C2H6/c1-3-6-10-7-4-9(5-8-10)13(2,11)12;1-2/h9H,3-8H2,1-2H3;1-2H3. The summed E-state index contributed by atoms with van der Waals surface area (Å²) in [5, 5.41) is -0.0828. The van der Waals surface area contributed by atoms with Crippen molar-refractivity contribution >= 4 is 9.84 Å². The van der Waals surface area contributed by atoms with E-state index in [0.717, 1.165) is 38.9 Å². The summed E-state index contributed by atoms with van der Waals surface area (Å²) in [6.07, 6.45) is 4.15. The van der Waals surface area contributed by atoms with Crippen molar-refractivity contribution in [1.29, 1.82) is 0 Å². The van der Waals surface area contributed by atoms with E-state index in [-0.39, 0.29) is 5.25 Å². The second kappa shape index (κ2) is 7.23. The van der Waals surface area contributed by atoms with Crippen LogP contribution in [-0.2, 0) is 9.84 Å². The Hall–Kier alpha value is -0.0900. The normalized spacial score (nSPS) is 19.5. The first-order valence-electron chi connectivity index (χ1n) is 5.95. The number of likely N-dealkylation sites (tertiary alicyclic amines) is 1. The van der Waals surface area contributed by atoms with Crippen molar-refractivity contribution in [1.82, 2.24) is 4.90 Å². The molecule has 0 aromatic carbocycles. The van der Waals surface area contributed by atoms with Crippen LogP contribution in [0.4, 0.5) is 0 Å². The van der Waals surface area contributed by atoms with Crippen LogP contribution in [0, 0.1) is 0 Å². The fraction of sp³-hybridized carbons (Fsp3) is 1.00. The van der Waals surface area contributed by atoms with E-state index in [1.54, 1.807) is 0 Å². The Morgan fingerprint density at radius 2 is 1.67 bits per heavy atom. The molecule has 0 radical (unpaired) electrons. The van der Waals surface area contributed by atoms with Gasteiger partial charge in [0.25, 0.3) is 0 Å². The van der Waals surface area contributed by atoms with Crippen LogP contribution in [0.1, 0.15) is 40.0 Å². The highest BCUT2D eigenvalue weighted by Crippen LogP contribution is 2.16. The van der Waals surface area contributed by atoms with E-state index < -0.39 is 9.84 Å². The Kier molecular flexibility index (Phi) is 7.18. The van der Waals surface area contributed by atoms with Crippen molar-refractivity contribution < 1.29 is 8.42 Å². The monoisotopic (exact) mass is 235 g/mol. The first-order valence-corrected chi connectivity index (χ1v) is 7.90. The van der Waals surface area contributed by atoms with Crippen molar-refractivity contribution in [2.24, 2.45) is 0 Å². The van der Waals surface area contributed by atoms with Gasteiger partial charge >= 0.3 is 0 Å². The molecule has 1 rings (SSSR count). The molecule has 0 spiro atoms. The van der Waals surface area contributed by atoms with E-state index in [9.17, 15) is 8.42 Å². The van der Waals surface area contributed by atoms with Gasteiger partial charge in [-0.2, -0.15) is 0 Å². The molecular formula is C11H25NO2S. The SMILES string of the molecule is CC.CCCN1CCC(S(C)(=O)=O)CC1. The van der Waals surface area contributed by atoms with E-state index in [2.05, 4.69) is 11.8 Å². The van der Waals surface area contributed by atoms with E-state index in [1.807, 2.05) is 13.8 Å². The fourth-order valence-corrected chi connectivity index (χ4v) is 2.94. The molecule has 1 aliphatic rings. The van der Waals surface area contributed by atoms with Crippen LogP contribution in [-0.4, -0.2) is 44.5 Å². The molecule has 15 heavy (non-hydrogen) atoms. The summed E-state index contributed by atoms with van der Waals surface area (Å²) >= 11 is 0. The Labute approximate surface area is 94.8 Å². The van der Waals surface area contributed by atoms with E-state index in [4.69, 9.17) is 0 Å². The Balaban J connectivity index is 0.000000921. The predicted molar refractivity (Wildman–Crippen MR) is 65.9 cm³/mol. The van der Waals surface area contributed by atoms with Crippen LogP contribution in [0.15, 0.2) is 0 Å². The molecule has 0 N–H and O–H groups in total. The van der Waals surface area contributed by atoms with Gasteiger partial charge in [-0.05, 0) is 38.9 Å². The number of hydrogen-bond donors (Lipinski definition) is 0. The lowest BCUT2D eigenvalue weighted by Crippen LogP contribution is -2.39. The van der Waals surface area contributed by atoms with E-state index in [0.29, 0.717) is 0 Å². The second-order valence-electron chi connectivity index (χ2n) is 3.87. The second-order valence-corrected chi connectivity index (χ2v) is 6.20. The average Bonchev–Trinajstić information content (AvgIpc) is 2.21. The van der Waals surface area contributed by atoms with Crippen LogP contribution in [0.3, 0.4) is 0 Å². The van der Waals surface area contributed by atoms with Gasteiger partial charge < -0.3 is 4.90 Å². The fourth-order valence-electron chi connectivity index (χ4n) is 1.88. The zero-order valence-corrected chi connectivity index (χ0v) is 11.3. The molecule has 0 bridgehead atoms. The van der Waals surface area contributed by atoms with Gasteiger partial charge in [0.15, 0.2) is 0 Å². The lowest BCUT2D eigenvalue weighted by Gasteiger charge is -2.30. The van der Waals surface area contributed by atoms with Gasteiger partial charge in [-0.1, -0.05) is 20.8 Å². The molecule has 1 fully saturated rings. The largest absolute Gasteiger partial charge is 0.303 e. The van der Waals surface area contributed by atoms with Crippen LogP contribution < -0.4 is 0 Å². The third kappa shape index (κ3) is 5.52. The van der Waals surface area contributed by atoms with Crippen molar-refractivity contribution in [3.63, 3.8) is 0 Å². The maximum absolute atomic E-state index is 11.2. The molecule has 0 unspecified atom stereocenters. The predicted octanol–water partition coefficient (Wildman–Crippen LogP) is 1.93. The zero-order valence-electron chi connectivity index (χ0n) is 10.5. The number of sulfone groups is 1. The van der Waals surface area contributed by atoms with Gasteiger partial charge in [0.05, 0.1) is 5.25 Å². The minimum absolute atomic E-state index is 0.0828. The van der Waals surface area contributed by atoms with Gasteiger partial charge in [0, 0.05) is 6.26 Å². The van der Waals surface area contributed by atoms with Crippen LogP contribution in [0.5, 0.6) is 0 Å². The van der Waals surface area contributed by atoms with Crippen molar-refractivity contribution in [3.8, 4) is 0 Å². The Morgan fingerprint density at radius 1 is 1.20 bits per heavy atom. The summed E-state index contributed by atoms with van der Waals surface area (Å²) in [6.45, 7) is 9.16. The van der Waals surface area contributed by atoms with Gasteiger partial charge in [-0.25, -0.2) is 8.42 Å². The quantitative estimate of drug-likeness (QED) is 0.750. The molecule has 0 saturated carbocycles. The van der Waals surface area contributed by atoms with Gasteiger partial charge in [0.1, 0.15) is 9.84 Å². The number of rotatable bonds is 3. The molecule has 0 amide bonds. The summed E-state index contributed by atoms with van der Waals surface area (Å²) in [4.78, 5) is 2.35. The zero-order chi connectivity index (χ0) is 11.9. The highest BCUT2D eigenvalue weighted by atomic mass is 32.2. The summed E-state index contributed by atoms with van der Waals surface area (Å²) in [5.74, 6) is 0. The van der Waals surface area contributed by atoms with Crippen molar-refractivity contribution in [2.45, 2.75) is 45.3 Å². The molecule has 92 valence electrons. The first-order chi connectivity index (χ1) is 7.04. The maximum Gasteiger partial charge on any atom is 0.150 e. The molecule has 0 aromatic heterocycles. The molecule has 4 heteroatoms.